The van der Waals surface area contributed by atoms with E-state index in [0.29, 0.717) is 5.56 Å². The number of anilines is 1. The van der Waals surface area contributed by atoms with Gasteiger partial charge in [0.15, 0.2) is 5.65 Å². The molecule has 2 N–H and O–H groups in total. The average Bonchev–Trinajstić information content (AvgIpc) is 3.19. The third-order valence-electron chi connectivity index (χ3n) is 4.48. The lowest BCUT2D eigenvalue weighted by Crippen LogP contribution is -2.13. The Labute approximate surface area is 172 Å². The van der Waals surface area contributed by atoms with Crippen LogP contribution in [0.5, 0.6) is 5.75 Å². The van der Waals surface area contributed by atoms with Crippen LogP contribution in [0.15, 0.2) is 60.8 Å². The Bertz CT molecular complexity index is 1310. The van der Waals surface area contributed by atoms with Gasteiger partial charge in [0.1, 0.15) is 17.0 Å². The minimum atomic E-state index is -2.88. The van der Waals surface area contributed by atoms with Crippen LogP contribution in [0.1, 0.15) is 22.5 Å². The van der Waals surface area contributed by atoms with E-state index in [1.54, 1.807) is 30.3 Å². The number of nitrogens with zero attached hydrogens (tertiary/aromatic N) is 4. The molecule has 0 radical (unpaired) electrons. The van der Waals surface area contributed by atoms with Gasteiger partial charge in [0, 0.05) is 17.7 Å². The van der Waals surface area contributed by atoms with Crippen molar-refractivity contribution in [3.63, 3.8) is 0 Å². The molecule has 0 saturated carbocycles. The number of nitro groups is 1. The molecule has 0 spiro atoms. The highest BCUT2D eigenvalue weighted by Crippen LogP contribution is 2.30. The molecule has 2 aromatic carbocycles. The zero-order valence-corrected chi connectivity index (χ0v) is 15.6. The van der Waals surface area contributed by atoms with Gasteiger partial charge in [-0.3, -0.25) is 14.9 Å². The van der Waals surface area contributed by atoms with Crippen LogP contribution in [-0.2, 0) is 0 Å². The highest BCUT2D eigenvalue weighted by atomic mass is 19.3. The lowest BCUT2D eigenvalue weighted by molar-refractivity contribution is -0.384. The molecule has 156 valence electrons. The summed E-state index contributed by atoms with van der Waals surface area (Å²) in [6.07, 6.45) is -1.82. The number of carbonyl (C=O) groups is 1. The number of rotatable bonds is 5. The van der Waals surface area contributed by atoms with Crippen molar-refractivity contribution in [3.05, 3.63) is 82.2 Å². The van der Waals surface area contributed by atoms with Crippen LogP contribution in [0.3, 0.4) is 0 Å². The normalized spacial score (nSPS) is 11.1. The molecule has 4 aromatic rings. The van der Waals surface area contributed by atoms with Crippen molar-refractivity contribution < 1.29 is 23.6 Å². The van der Waals surface area contributed by atoms with E-state index >= 15 is 0 Å². The van der Waals surface area contributed by atoms with Gasteiger partial charge in [-0.2, -0.15) is 5.10 Å². The lowest BCUT2D eigenvalue weighted by atomic mass is 10.1. The van der Waals surface area contributed by atoms with Gasteiger partial charge < -0.3 is 10.4 Å². The van der Waals surface area contributed by atoms with Gasteiger partial charge in [-0.05, 0) is 12.1 Å². The fourth-order valence-electron chi connectivity index (χ4n) is 2.99. The fraction of sp³-hybridized carbons (Fsp3) is 0.0500. The lowest BCUT2D eigenvalue weighted by Gasteiger charge is -2.09. The second-order valence-electron chi connectivity index (χ2n) is 6.44. The number of benzene rings is 2. The highest BCUT2D eigenvalue weighted by Gasteiger charge is 2.22. The van der Waals surface area contributed by atoms with Crippen molar-refractivity contribution in [2.24, 2.45) is 0 Å². The molecular formula is C20H13F2N5O4. The third-order valence-corrected chi connectivity index (χ3v) is 4.48. The summed E-state index contributed by atoms with van der Waals surface area (Å²) in [6.45, 7) is 0. The molecular weight excluding hydrogens is 412 g/mol. The molecule has 1 amide bonds. The number of hydrogen-bond acceptors (Lipinski definition) is 6. The SMILES string of the molecule is O=C(Nc1cc([N+](=O)[O-])ccc1O)c1cnn2c(C(F)F)cc(-c3ccccc3)nc12. The predicted octanol–water partition coefficient (Wildman–Crippen LogP) is 4.20. The highest BCUT2D eigenvalue weighted by molar-refractivity contribution is 6.09. The van der Waals surface area contributed by atoms with E-state index in [9.17, 15) is 28.8 Å². The maximum absolute atomic E-state index is 13.6. The van der Waals surface area contributed by atoms with Gasteiger partial charge in [-0.25, -0.2) is 18.3 Å². The number of phenolic OH excluding ortho intramolecular Hbond substituents is 1. The van der Waals surface area contributed by atoms with Crippen LogP contribution in [0.25, 0.3) is 16.9 Å². The third kappa shape index (κ3) is 3.75. The number of fused-ring (bicyclic) bond motifs is 1. The number of nitro benzene ring substituents is 1. The standard InChI is InChI=1S/C20H13F2N5O4/c21-18(22)16-9-14(11-4-2-1-3-5-11)24-19-13(10-23-26(16)19)20(29)25-15-8-12(27(30)31)6-7-17(15)28/h1-10,18,28H,(H,25,29). The summed E-state index contributed by atoms with van der Waals surface area (Å²) in [4.78, 5) is 27.4. The van der Waals surface area contributed by atoms with Crippen molar-refractivity contribution >= 4 is 22.9 Å². The summed E-state index contributed by atoms with van der Waals surface area (Å²) in [6, 6.07) is 12.9. The van der Waals surface area contributed by atoms with Crippen LogP contribution in [-0.4, -0.2) is 30.5 Å². The number of amides is 1. The van der Waals surface area contributed by atoms with Gasteiger partial charge in [0.2, 0.25) is 0 Å². The van der Waals surface area contributed by atoms with Gasteiger partial charge in [-0.1, -0.05) is 30.3 Å². The van der Waals surface area contributed by atoms with Crippen molar-refractivity contribution in [2.45, 2.75) is 6.43 Å². The average molecular weight is 425 g/mol. The van der Waals surface area contributed by atoms with E-state index in [-0.39, 0.29) is 28.3 Å². The minimum Gasteiger partial charge on any atom is -0.506 e. The number of phenols is 1. The first-order valence-electron chi connectivity index (χ1n) is 8.86. The van der Waals surface area contributed by atoms with Gasteiger partial charge in [0.05, 0.1) is 22.5 Å². The Morgan fingerprint density at radius 2 is 1.90 bits per heavy atom. The van der Waals surface area contributed by atoms with E-state index in [0.717, 1.165) is 28.9 Å². The van der Waals surface area contributed by atoms with E-state index in [2.05, 4.69) is 15.4 Å². The molecule has 0 aliphatic rings. The molecule has 0 aliphatic heterocycles. The summed E-state index contributed by atoms with van der Waals surface area (Å²) < 4.78 is 28.1. The maximum Gasteiger partial charge on any atom is 0.280 e. The molecule has 9 nitrogen and oxygen atoms in total. The first-order chi connectivity index (χ1) is 14.8. The quantitative estimate of drug-likeness (QED) is 0.281. The van der Waals surface area contributed by atoms with Crippen LogP contribution in [0.2, 0.25) is 0 Å². The number of hydrogen-bond donors (Lipinski definition) is 2. The molecule has 0 fully saturated rings. The number of halogens is 2. The van der Waals surface area contributed by atoms with Crippen LogP contribution in [0.4, 0.5) is 20.2 Å². The van der Waals surface area contributed by atoms with E-state index < -0.39 is 28.7 Å². The van der Waals surface area contributed by atoms with Crippen molar-refractivity contribution in [1.29, 1.82) is 0 Å². The van der Waals surface area contributed by atoms with Gasteiger partial charge in [0.25, 0.3) is 18.0 Å². The van der Waals surface area contributed by atoms with E-state index in [1.165, 1.54) is 6.07 Å². The first kappa shape index (κ1) is 19.9. The van der Waals surface area contributed by atoms with Gasteiger partial charge in [-0.15, -0.1) is 0 Å². The number of aromatic hydroxyl groups is 1. The van der Waals surface area contributed by atoms with Crippen LogP contribution >= 0.6 is 0 Å². The zero-order chi connectivity index (χ0) is 22.1. The molecule has 0 atom stereocenters. The number of aromatic nitrogens is 3. The van der Waals surface area contributed by atoms with E-state index in [4.69, 9.17) is 0 Å². The smallest absolute Gasteiger partial charge is 0.280 e. The monoisotopic (exact) mass is 425 g/mol. The topological polar surface area (TPSA) is 123 Å². The van der Waals surface area contributed by atoms with Crippen molar-refractivity contribution in [3.8, 4) is 17.0 Å². The number of alkyl halides is 2. The van der Waals surface area contributed by atoms with Crippen molar-refractivity contribution in [1.82, 2.24) is 14.6 Å². The summed E-state index contributed by atoms with van der Waals surface area (Å²) in [5.41, 5.74) is -0.512. The molecule has 0 bridgehead atoms. The first-order valence-corrected chi connectivity index (χ1v) is 8.86. The summed E-state index contributed by atoms with van der Waals surface area (Å²) in [7, 11) is 0. The second kappa shape index (κ2) is 7.78. The Kier molecular flexibility index (Phi) is 4.99. The Morgan fingerprint density at radius 1 is 1.16 bits per heavy atom. The van der Waals surface area contributed by atoms with E-state index in [1.807, 2.05) is 0 Å². The Morgan fingerprint density at radius 3 is 2.58 bits per heavy atom. The molecule has 0 unspecified atom stereocenters. The number of non-ortho nitro benzene ring substituents is 1. The molecule has 0 saturated heterocycles. The molecule has 4 rings (SSSR count). The fourth-order valence-corrected chi connectivity index (χ4v) is 2.99. The summed E-state index contributed by atoms with van der Waals surface area (Å²) in [5, 5.41) is 27.0. The molecule has 2 heterocycles. The van der Waals surface area contributed by atoms with Crippen LogP contribution < -0.4 is 5.32 Å². The molecule has 31 heavy (non-hydrogen) atoms. The number of nitrogens with one attached hydrogen (secondary N) is 1. The van der Waals surface area contributed by atoms with Crippen molar-refractivity contribution in [2.75, 3.05) is 5.32 Å². The number of carbonyl (C=O) groups excluding carboxylic acids is 1. The Hall–Kier alpha value is -4.41. The van der Waals surface area contributed by atoms with Gasteiger partial charge >= 0.3 is 0 Å². The maximum atomic E-state index is 13.6. The van der Waals surface area contributed by atoms with Crippen LogP contribution in [0, 0.1) is 10.1 Å². The largest absolute Gasteiger partial charge is 0.506 e. The predicted molar refractivity (Wildman–Crippen MR) is 106 cm³/mol. The summed E-state index contributed by atoms with van der Waals surface area (Å²) >= 11 is 0. The second-order valence-corrected chi connectivity index (χ2v) is 6.44. The molecule has 11 heteroatoms. The molecule has 2 aromatic heterocycles. The summed E-state index contributed by atoms with van der Waals surface area (Å²) in [5.74, 6) is -1.23. The Balaban J connectivity index is 1.79. The minimum absolute atomic E-state index is 0.126. The zero-order valence-electron chi connectivity index (χ0n) is 15.6. The molecule has 0 aliphatic carbocycles.